The monoisotopic (exact) mass is 208 g/mol. The van der Waals surface area contributed by atoms with Gasteiger partial charge in [-0.2, -0.15) is 0 Å². The van der Waals surface area contributed by atoms with Gasteiger partial charge >= 0.3 is 0 Å². The Kier molecular flexibility index (Phi) is 3.95. The third kappa shape index (κ3) is 2.61. The maximum Gasteiger partial charge on any atom is 0.267 e. The van der Waals surface area contributed by atoms with Crippen LogP contribution in [-0.2, 0) is 4.79 Å². The first kappa shape index (κ1) is 11.8. The Hall–Kier alpha value is -1.25. The predicted octanol–water partition coefficient (Wildman–Crippen LogP) is 1.68. The van der Waals surface area contributed by atoms with E-state index in [1.807, 2.05) is 24.9 Å². The molecule has 1 amide bonds. The molecule has 0 saturated carbocycles. The first-order chi connectivity index (χ1) is 7.07. The molecule has 1 aliphatic rings. The van der Waals surface area contributed by atoms with Crippen LogP contribution in [0.25, 0.3) is 0 Å². The number of carbonyl (C=O) groups is 1. The van der Waals surface area contributed by atoms with Crippen LogP contribution in [-0.4, -0.2) is 30.4 Å². The minimum absolute atomic E-state index is 0.0360. The summed E-state index contributed by atoms with van der Waals surface area (Å²) in [5.41, 5.74) is 1.82. The summed E-state index contributed by atoms with van der Waals surface area (Å²) >= 11 is 0. The van der Waals surface area contributed by atoms with Gasteiger partial charge in [0.2, 0.25) is 0 Å². The zero-order valence-electron chi connectivity index (χ0n) is 10.0. The van der Waals surface area contributed by atoms with Crippen LogP contribution >= 0.6 is 0 Å². The van der Waals surface area contributed by atoms with Gasteiger partial charge in [0.25, 0.3) is 5.91 Å². The average Bonchev–Trinajstić information content (AvgIpc) is 2.21. The van der Waals surface area contributed by atoms with E-state index in [0.29, 0.717) is 6.04 Å². The molecule has 15 heavy (non-hydrogen) atoms. The minimum Gasteiger partial charge on any atom is -0.365 e. The van der Waals surface area contributed by atoms with Crippen LogP contribution in [0.3, 0.4) is 0 Å². The van der Waals surface area contributed by atoms with Crippen LogP contribution in [0.15, 0.2) is 23.4 Å². The highest BCUT2D eigenvalue weighted by molar-refractivity contribution is 5.94. The Bertz CT molecular complexity index is 305. The molecule has 1 saturated heterocycles. The SMILES string of the molecule is CC/C=C\C(C)=C1\C(=O)NCC(C)N1C. The van der Waals surface area contributed by atoms with E-state index in [2.05, 4.69) is 25.2 Å². The van der Waals surface area contributed by atoms with Gasteiger partial charge < -0.3 is 10.2 Å². The molecule has 3 heteroatoms. The zero-order chi connectivity index (χ0) is 11.4. The Balaban J connectivity index is 2.97. The predicted molar refractivity (Wildman–Crippen MR) is 62.4 cm³/mol. The van der Waals surface area contributed by atoms with Crippen molar-refractivity contribution in [1.29, 1.82) is 0 Å². The molecule has 0 aromatic carbocycles. The summed E-state index contributed by atoms with van der Waals surface area (Å²) in [6.07, 6.45) is 5.08. The largest absolute Gasteiger partial charge is 0.365 e. The van der Waals surface area contributed by atoms with E-state index in [9.17, 15) is 4.79 Å². The van der Waals surface area contributed by atoms with Crippen molar-refractivity contribution >= 4 is 5.91 Å². The van der Waals surface area contributed by atoms with Gasteiger partial charge in [-0.05, 0) is 25.8 Å². The van der Waals surface area contributed by atoms with Gasteiger partial charge in [0.15, 0.2) is 0 Å². The van der Waals surface area contributed by atoms with Gasteiger partial charge in [-0.1, -0.05) is 19.1 Å². The first-order valence-corrected chi connectivity index (χ1v) is 5.46. The standard InChI is InChI=1S/C12H20N2O/c1-5-6-7-9(2)11-12(15)13-8-10(3)14(11)4/h6-7,10H,5,8H2,1-4H3,(H,13,15)/b7-6-,11-9-. The second kappa shape index (κ2) is 5.01. The molecule has 1 heterocycles. The summed E-state index contributed by atoms with van der Waals surface area (Å²) in [5.74, 6) is 0.0360. The van der Waals surface area contributed by atoms with Crippen molar-refractivity contribution in [1.82, 2.24) is 10.2 Å². The van der Waals surface area contributed by atoms with E-state index < -0.39 is 0 Å². The number of nitrogens with one attached hydrogen (secondary N) is 1. The number of carbonyl (C=O) groups excluding carboxylic acids is 1. The molecule has 1 unspecified atom stereocenters. The molecule has 0 bridgehead atoms. The molecular weight excluding hydrogens is 188 g/mol. The second-order valence-electron chi connectivity index (χ2n) is 4.01. The molecule has 1 fully saturated rings. The van der Waals surface area contributed by atoms with Crippen LogP contribution in [0.2, 0.25) is 0 Å². The van der Waals surface area contributed by atoms with Crippen LogP contribution in [0, 0.1) is 0 Å². The van der Waals surface area contributed by atoms with Crippen molar-refractivity contribution in [2.24, 2.45) is 0 Å². The normalized spacial score (nSPS) is 25.7. The summed E-state index contributed by atoms with van der Waals surface area (Å²) in [6, 6.07) is 0.364. The third-order valence-corrected chi connectivity index (χ3v) is 2.76. The average molecular weight is 208 g/mol. The van der Waals surface area contributed by atoms with Crippen molar-refractivity contribution in [3.8, 4) is 0 Å². The summed E-state index contributed by atoms with van der Waals surface area (Å²) in [5, 5.41) is 2.90. The highest BCUT2D eigenvalue weighted by Gasteiger charge is 2.25. The zero-order valence-corrected chi connectivity index (χ0v) is 10.0. The fourth-order valence-corrected chi connectivity index (χ4v) is 1.67. The summed E-state index contributed by atoms with van der Waals surface area (Å²) < 4.78 is 0. The number of amides is 1. The fourth-order valence-electron chi connectivity index (χ4n) is 1.67. The van der Waals surface area contributed by atoms with Gasteiger partial charge in [-0.3, -0.25) is 4.79 Å². The lowest BCUT2D eigenvalue weighted by atomic mass is 10.1. The van der Waals surface area contributed by atoms with Crippen LogP contribution < -0.4 is 5.32 Å². The molecule has 1 rings (SSSR count). The van der Waals surface area contributed by atoms with Crippen molar-refractivity contribution < 1.29 is 4.79 Å². The first-order valence-electron chi connectivity index (χ1n) is 5.46. The van der Waals surface area contributed by atoms with Gasteiger partial charge in [0.05, 0.1) is 0 Å². The number of hydrogen-bond donors (Lipinski definition) is 1. The van der Waals surface area contributed by atoms with Crippen LogP contribution in [0.4, 0.5) is 0 Å². The molecule has 1 aliphatic heterocycles. The maximum atomic E-state index is 11.7. The highest BCUT2D eigenvalue weighted by Crippen LogP contribution is 2.16. The molecule has 0 spiro atoms. The Labute approximate surface area is 91.8 Å². The van der Waals surface area contributed by atoms with Crippen molar-refractivity contribution in [3.05, 3.63) is 23.4 Å². The van der Waals surface area contributed by atoms with Crippen molar-refractivity contribution in [2.45, 2.75) is 33.2 Å². The lowest BCUT2D eigenvalue weighted by Crippen LogP contribution is -2.49. The number of nitrogens with zero attached hydrogens (tertiary/aromatic N) is 1. The number of likely N-dealkylation sites (N-methyl/N-ethyl adjacent to an activating group) is 1. The quantitative estimate of drug-likeness (QED) is 0.700. The number of piperazine rings is 1. The van der Waals surface area contributed by atoms with Gasteiger partial charge in [-0.15, -0.1) is 0 Å². The number of hydrogen-bond acceptors (Lipinski definition) is 2. The van der Waals surface area contributed by atoms with Crippen molar-refractivity contribution in [2.75, 3.05) is 13.6 Å². The van der Waals surface area contributed by atoms with Gasteiger partial charge in [-0.25, -0.2) is 0 Å². The molecule has 0 aliphatic carbocycles. The Morgan fingerprint density at radius 1 is 1.67 bits per heavy atom. The molecule has 0 aromatic rings. The molecule has 1 atom stereocenters. The Morgan fingerprint density at radius 2 is 2.33 bits per heavy atom. The van der Waals surface area contributed by atoms with Gasteiger partial charge in [0.1, 0.15) is 5.70 Å². The molecule has 3 nitrogen and oxygen atoms in total. The smallest absolute Gasteiger partial charge is 0.267 e. The fraction of sp³-hybridized carbons (Fsp3) is 0.583. The van der Waals surface area contributed by atoms with Crippen LogP contribution in [0.5, 0.6) is 0 Å². The second-order valence-corrected chi connectivity index (χ2v) is 4.01. The van der Waals surface area contributed by atoms with E-state index in [1.165, 1.54) is 0 Å². The summed E-state index contributed by atoms with van der Waals surface area (Å²) in [6.45, 7) is 6.90. The van der Waals surface area contributed by atoms with E-state index in [1.54, 1.807) is 0 Å². The van der Waals surface area contributed by atoms with Crippen molar-refractivity contribution in [3.63, 3.8) is 0 Å². The van der Waals surface area contributed by atoms with Gasteiger partial charge in [0, 0.05) is 19.6 Å². The van der Waals surface area contributed by atoms with Crippen LogP contribution in [0.1, 0.15) is 27.2 Å². The molecular formula is C12H20N2O. The summed E-state index contributed by atoms with van der Waals surface area (Å²) in [7, 11) is 1.97. The van der Waals surface area contributed by atoms with E-state index >= 15 is 0 Å². The lowest BCUT2D eigenvalue weighted by molar-refractivity contribution is -0.121. The highest BCUT2D eigenvalue weighted by atomic mass is 16.2. The molecule has 1 N–H and O–H groups in total. The molecule has 0 aromatic heterocycles. The minimum atomic E-state index is 0.0360. The lowest BCUT2D eigenvalue weighted by Gasteiger charge is -2.34. The Morgan fingerprint density at radius 3 is 2.93 bits per heavy atom. The molecule has 84 valence electrons. The topological polar surface area (TPSA) is 32.3 Å². The number of rotatable bonds is 2. The van der Waals surface area contributed by atoms with E-state index in [4.69, 9.17) is 0 Å². The van der Waals surface area contributed by atoms with E-state index in [0.717, 1.165) is 24.2 Å². The van der Waals surface area contributed by atoms with E-state index in [-0.39, 0.29) is 5.91 Å². The summed E-state index contributed by atoms with van der Waals surface area (Å²) in [4.78, 5) is 13.8. The number of allylic oxidation sites excluding steroid dienone is 3. The molecule has 0 radical (unpaired) electrons. The third-order valence-electron chi connectivity index (χ3n) is 2.76. The maximum absolute atomic E-state index is 11.7.